The lowest BCUT2D eigenvalue weighted by Gasteiger charge is -2.19. The molecule has 5 aromatic carbocycles. The van der Waals surface area contributed by atoms with Gasteiger partial charge in [0.1, 0.15) is 0 Å². The van der Waals surface area contributed by atoms with Crippen LogP contribution in [0.1, 0.15) is 0 Å². The predicted octanol–water partition coefficient (Wildman–Crippen LogP) is 10.5. The Labute approximate surface area is 246 Å². The minimum atomic E-state index is 0.948. The SMILES string of the molecule is c1ccc(-c2cc(-c3cc(-c4ccncc4)c(-c4ccccc4)cc3-c3ccccc3)cc(-c3ccccc3)n2)cc1. The molecule has 0 aliphatic rings. The van der Waals surface area contributed by atoms with Crippen molar-refractivity contribution in [2.45, 2.75) is 0 Å². The van der Waals surface area contributed by atoms with Gasteiger partial charge in [-0.25, -0.2) is 4.98 Å². The summed E-state index contributed by atoms with van der Waals surface area (Å²) in [6.07, 6.45) is 3.73. The van der Waals surface area contributed by atoms with Gasteiger partial charge < -0.3 is 0 Å². The van der Waals surface area contributed by atoms with Crippen molar-refractivity contribution in [3.8, 4) is 67.0 Å². The minimum Gasteiger partial charge on any atom is -0.265 e. The predicted molar refractivity (Wildman–Crippen MR) is 175 cm³/mol. The fraction of sp³-hybridized carbons (Fsp3) is 0. The molecule has 0 aliphatic carbocycles. The van der Waals surface area contributed by atoms with Crippen LogP contribution in [0.25, 0.3) is 67.0 Å². The van der Waals surface area contributed by atoms with Crippen LogP contribution in [0.15, 0.2) is 170 Å². The molecule has 0 saturated heterocycles. The highest BCUT2D eigenvalue weighted by molar-refractivity contribution is 5.96. The lowest BCUT2D eigenvalue weighted by molar-refractivity contribution is 1.32. The van der Waals surface area contributed by atoms with E-state index in [1.807, 2.05) is 24.5 Å². The lowest BCUT2D eigenvalue weighted by atomic mass is 9.85. The highest BCUT2D eigenvalue weighted by atomic mass is 14.7. The van der Waals surface area contributed by atoms with Gasteiger partial charge in [0.05, 0.1) is 11.4 Å². The second kappa shape index (κ2) is 11.5. The molecule has 0 unspecified atom stereocenters. The molecular weight excluding hydrogens is 508 g/mol. The van der Waals surface area contributed by atoms with Crippen LogP contribution in [0.5, 0.6) is 0 Å². The Bertz CT molecular complexity index is 1880. The monoisotopic (exact) mass is 536 g/mol. The number of rotatable bonds is 6. The van der Waals surface area contributed by atoms with Crippen molar-refractivity contribution in [2.24, 2.45) is 0 Å². The molecule has 2 heterocycles. The van der Waals surface area contributed by atoms with Crippen molar-refractivity contribution in [1.82, 2.24) is 9.97 Å². The van der Waals surface area contributed by atoms with E-state index in [1.54, 1.807) is 0 Å². The number of hydrogen-bond donors (Lipinski definition) is 0. The summed E-state index contributed by atoms with van der Waals surface area (Å²) < 4.78 is 0. The van der Waals surface area contributed by atoms with Crippen LogP contribution in [0.2, 0.25) is 0 Å². The van der Waals surface area contributed by atoms with Crippen molar-refractivity contribution >= 4 is 0 Å². The molecular formula is C40H28N2. The average molecular weight is 537 g/mol. The second-order valence-corrected chi connectivity index (χ2v) is 10.3. The summed E-state index contributed by atoms with van der Waals surface area (Å²) in [6.45, 7) is 0. The van der Waals surface area contributed by atoms with Crippen LogP contribution in [-0.4, -0.2) is 9.97 Å². The molecule has 0 bridgehead atoms. The Balaban J connectivity index is 1.55. The average Bonchev–Trinajstić information content (AvgIpc) is 3.09. The minimum absolute atomic E-state index is 0.948. The molecule has 2 heteroatoms. The topological polar surface area (TPSA) is 25.8 Å². The third-order valence-electron chi connectivity index (χ3n) is 7.59. The zero-order valence-corrected chi connectivity index (χ0v) is 23.1. The highest BCUT2D eigenvalue weighted by Crippen LogP contribution is 2.43. The first-order chi connectivity index (χ1) is 20.8. The Hall–Kier alpha value is -5.60. The van der Waals surface area contributed by atoms with Crippen molar-refractivity contribution in [2.75, 3.05) is 0 Å². The molecule has 2 aromatic heterocycles. The van der Waals surface area contributed by atoms with Gasteiger partial charge in [0.25, 0.3) is 0 Å². The van der Waals surface area contributed by atoms with E-state index in [9.17, 15) is 0 Å². The van der Waals surface area contributed by atoms with E-state index in [0.717, 1.165) is 44.8 Å². The first-order valence-electron chi connectivity index (χ1n) is 14.2. The molecule has 0 radical (unpaired) electrons. The molecule has 0 aliphatic heterocycles. The summed E-state index contributed by atoms with van der Waals surface area (Å²) >= 11 is 0. The van der Waals surface area contributed by atoms with Gasteiger partial charge in [0.15, 0.2) is 0 Å². The Morgan fingerprint density at radius 1 is 0.286 bits per heavy atom. The smallest absolute Gasteiger partial charge is 0.0715 e. The van der Waals surface area contributed by atoms with Crippen LogP contribution in [0.3, 0.4) is 0 Å². The van der Waals surface area contributed by atoms with Gasteiger partial charge in [-0.3, -0.25) is 4.98 Å². The van der Waals surface area contributed by atoms with E-state index in [4.69, 9.17) is 4.98 Å². The van der Waals surface area contributed by atoms with Crippen molar-refractivity contribution < 1.29 is 0 Å². The summed E-state index contributed by atoms with van der Waals surface area (Å²) in [7, 11) is 0. The van der Waals surface area contributed by atoms with Gasteiger partial charge in [-0.15, -0.1) is 0 Å². The van der Waals surface area contributed by atoms with Gasteiger partial charge in [0, 0.05) is 23.5 Å². The number of nitrogens with zero attached hydrogens (tertiary/aromatic N) is 2. The normalized spacial score (nSPS) is 10.9. The summed E-state index contributed by atoms with van der Waals surface area (Å²) in [6, 6.07) is 55.5. The quantitative estimate of drug-likeness (QED) is 0.211. The fourth-order valence-corrected chi connectivity index (χ4v) is 5.52. The fourth-order valence-electron chi connectivity index (χ4n) is 5.52. The molecule has 0 amide bonds. The Morgan fingerprint density at radius 2 is 0.619 bits per heavy atom. The zero-order chi connectivity index (χ0) is 28.1. The maximum Gasteiger partial charge on any atom is 0.0715 e. The second-order valence-electron chi connectivity index (χ2n) is 10.3. The highest BCUT2D eigenvalue weighted by Gasteiger charge is 2.18. The Morgan fingerprint density at radius 3 is 1.02 bits per heavy atom. The van der Waals surface area contributed by atoms with Crippen molar-refractivity contribution in [3.63, 3.8) is 0 Å². The largest absolute Gasteiger partial charge is 0.265 e. The van der Waals surface area contributed by atoms with Crippen LogP contribution >= 0.6 is 0 Å². The zero-order valence-electron chi connectivity index (χ0n) is 23.1. The van der Waals surface area contributed by atoms with Crippen LogP contribution in [0, 0.1) is 0 Å². The molecule has 0 fully saturated rings. The van der Waals surface area contributed by atoms with Gasteiger partial charge in [-0.1, -0.05) is 121 Å². The van der Waals surface area contributed by atoms with Gasteiger partial charge in [-0.2, -0.15) is 0 Å². The number of aromatic nitrogens is 2. The standard InChI is InChI=1S/C40H28N2/c1-5-13-29(14-6-1)35-27-36(30-15-7-2-8-16-30)38(28-37(35)31-21-23-41-24-22-31)34-25-39(32-17-9-3-10-18-32)42-40(26-34)33-19-11-4-12-20-33/h1-28H. The van der Waals surface area contributed by atoms with Crippen LogP contribution in [0.4, 0.5) is 0 Å². The van der Waals surface area contributed by atoms with Crippen LogP contribution in [-0.2, 0) is 0 Å². The molecule has 0 N–H and O–H groups in total. The van der Waals surface area contributed by atoms with E-state index < -0.39 is 0 Å². The molecule has 42 heavy (non-hydrogen) atoms. The summed E-state index contributed by atoms with van der Waals surface area (Å²) in [5.74, 6) is 0. The van der Waals surface area contributed by atoms with E-state index in [0.29, 0.717) is 0 Å². The molecule has 198 valence electrons. The Kier molecular flexibility index (Phi) is 6.94. The maximum atomic E-state index is 5.14. The molecule has 0 spiro atoms. The molecule has 7 rings (SSSR count). The number of hydrogen-bond acceptors (Lipinski definition) is 2. The van der Waals surface area contributed by atoms with Crippen molar-refractivity contribution in [1.29, 1.82) is 0 Å². The number of pyridine rings is 2. The molecule has 0 saturated carbocycles. The van der Waals surface area contributed by atoms with Gasteiger partial charge >= 0.3 is 0 Å². The van der Waals surface area contributed by atoms with E-state index in [-0.39, 0.29) is 0 Å². The third kappa shape index (κ3) is 5.14. The van der Waals surface area contributed by atoms with Gasteiger partial charge in [-0.05, 0) is 80.9 Å². The van der Waals surface area contributed by atoms with Crippen LogP contribution < -0.4 is 0 Å². The lowest BCUT2D eigenvalue weighted by Crippen LogP contribution is -1.95. The van der Waals surface area contributed by atoms with Crippen molar-refractivity contribution in [3.05, 3.63) is 170 Å². The summed E-state index contributed by atoms with van der Waals surface area (Å²) in [4.78, 5) is 9.44. The molecule has 7 aromatic rings. The third-order valence-corrected chi connectivity index (χ3v) is 7.59. The first-order valence-corrected chi connectivity index (χ1v) is 14.2. The van der Waals surface area contributed by atoms with E-state index in [1.165, 1.54) is 22.3 Å². The summed E-state index contributed by atoms with van der Waals surface area (Å²) in [5.41, 5.74) is 13.4. The molecule has 2 nitrogen and oxygen atoms in total. The summed E-state index contributed by atoms with van der Waals surface area (Å²) in [5, 5.41) is 0. The van der Waals surface area contributed by atoms with E-state index in [2.05, 4.69) is 151 Å². The maximum absolute atomic E-state index is 5.14. The first kappa shape index (κ1) is 25.4. The molecule has 0 atom stereocenters. The van der Waals surface area contributed by atoms with E-state index >= 15 is 0 Å². The number of benzene rings is 5. The van der Waals surface area contributed by atoms with Gasteiger partial charge in [0.2, 0.25) is 0 Å².